The van der Waals surface area contributed by atoms with Crippen LogP contribution in [0.3, 0.4) is 0 Å². The van der Waals surface area contributed by atoms with Gasteiger partial charge in [0.1, 0.15) is 24.2 Å². The smallest absolute Gasteiger partial charge is 0.325 e. The quantitative estimate of drug-likeness (QED) is 0.565. The lowest BCUT2D eigenvalue weighted by atomic mass is 9.99. The molecule has 142 valence electrons. The largest absolute Gasteiger partial charge is 0.491 e. The number of ketones is 1. The number of rotatable bonds is 7. The first-order chi connectivity index (χ1) is 12.8. The van der Waals surface area contributed by atoms with Gasteiger partial charge in [-0.15, -0.1) is 0 Å². The molecule has 0 spiro atoms. The van der Waals surface area contributed by atoms with E-state index < -0.39 is 23.6 Å². The lowest BCUT2D eigenvalue weighted by Crippen LogP contribution is -2.42. The van der Waals surface area contributed by atoms with Crippen molar-refractivity contribution in [2.24, 2.45) is 0 Å². The number of hydrogen-bond acceptors (Lipinski definition) is 6. The van der Waals surface area contributed by atoms with Gasteiger partial charge in [0.25, 0.3) is 5.91 Å². The normalized spacial score (nSPS) is 20.5. The molecule has 2 aromatic rings. The second kappa shape index (κ2) is 7.24. The van der Waals surface area contributed by atoms with Crippen molar-refractivity contribution < 1.29 is 28.6 Å². The fourth-order valence-corrected chi connectivity index (χ4v) is 2.83. The summed E-state index contributed by atoms with van der Waals surface area (Å²) in [4.78, 5) is 37.0. The van der Waals surface area contributed by atoms with Gasteiger partial charge >= 0.3 is 6.03 Å². The van der Waals surface area contributed by atoms with Crippen molar-refractivity contribution in [3.8, 4) is 5.75 Å². The Morgan fingerprint density at radius 1 is 1.30 bits per heavy atom. The number of imide groups is 1. The van der Waals surface area contributed by atoms with E-state index >= 15 is 0 Å². The number of carbonyl (C=O) groups is 3. The second-order valence-corrected chi connectivity index (χ2v) is 6.49. The van der Waals surface area contributed by atoms with Crippen molar-refractivity contribution in [2.45, 2.75) is 25.5 Å². The summed E-state index contributed by atoms with van der Waals surface area (Å²) in [5.74, 6) is 0.225. The predicted octanol–water partition coefficient (Wildman–Crippen LogP) is 1.69. The Labute approximate surface area is 155 Å². The van der Waals surface area contributed by atoms with Crippen LogP contribution in [0, 0.1) is 0 Å². The van der Waals surface area contributed by atoms with E-state index in [9.17, 15) is 19.5 Å². The summed E-state index contributed by atoms with van der Waals surface area (Å²) in [7, 11) is 0. The predicted molar refractivity (Wildman–Crippen MR) is 94.3 cm³/mol. The maximum Gasteiger partial charge on any atom is 0.325 e. The molecule has 1 aromatic carbocycles. The molecule has 1 aliphatic heterocycles. The van der Waals surface area contributed by atoms with Crippen LogP contribution in [0.25, 0.3) is 0 Å². The molecule has 1 fully saturated rings. The van der Waals surface area contributed by atoms with Crippen LogP contribution in [0.5, 0.6) is 5.75 Å². The summed E-state index contributed by atoms with van der Waals surface area (Å²) >= 11 is 0. The van der Waals surface area contributed by atoms with Crippen LogP contribution in [0.2, 0.25) is 0 Å². The number of furan rings is 1. The number of ether oxygens (including phenoxy) is 1. The van der Waals surface area contributed by atoms with Crippen molar-refractivity contribution >= 4 is 17.7 Å². The number of urea groups is 1. The highest BCUT2D eigenvalue weighted by Crippen LogP contribution is 2.29. The third-order valence-electron chi connectivity index (χ3n) is 4.39. The van der Waals surface area contributed by atoms with E-state index in [-0.39, 0.29) is 18.9 Å². The number of nitrogens with zero attached hydrogens (tertiary/aromatic N) is 1. The number of amides is 3. The van der Waals surface area contributed by atoms with Crippen molar-refractivity contribution in [1.29, 1.82) is 0 Å². The molecule has 0 unspecified atom stereocenters. The summed E-state index contributed by atoms with van der Waals surface area (Å²) in [6.45, 7) is 2.68. The van der Waals surface area contributed by atoms with Gasteiger partial charge in [0.15, 0.2) is 11.3 Å². The zero-order chi connectivity index (χ0) is 19.6. The number of nitrogens with one attached hydrogen (secondary N) is 1. The number of aliphatic hydroxyl groups is 1. The van der Waals surface area contributed by atoms with E-state index in [2.05, 4.69) is 5.32 Å². The van der Waals surface area contributed by atoms with Crippen LogP contribution in [-0.2, 0) is 10.3 Å². The van der Waals surface area contributed by atoms with Gasteiger partial charge in [-0.3, -0.25) is 14.5 Å². The molecule has 0 bridgehead atoms. The average Bonchev–Trinajstić information content (AvgIpc) is 3.25. The minimum Gasteiger partial charge on any atom is -0.491 e. The van der Waals surface area contributed by atoms with E-state index in [1.165, 1.54) is 13.2 Å². The summed E-state index contributed by atoms with van der Waals surface area (Å²) in [6.07, 6.45) is 0.342. The molecule has 0 aliphatic carbocycles. The summed E-state index contributed by atoms with van der Waals surface area (Å²) in [5, 5.41) is 12.8. The fourth-order valence-electron chi connectivity index (χ4n) is 2.83. The fraction of sp³-hybridized carbons (Fsp3) is 0.316. The summed E-state index contributed by atoms with van der Waals surface area (Å²) in [5.41, 5.74) is -0.747. The second-order valence-electron chi connectivity index (χ2n) is 6.49. The third kappa shape index (κ3) is 3.70. The van der Waals surface area contributed by atoms with Crippen LogP contribution in [0.4, 0.5) is 4.79 Å². The molecule has 27 heavy (non-hydrogen) atoms. The molecule has 1 aliphatic rings. The molecule has 1 saturated heterocycles. The maximum atomic E-state index is 12.6. The van der Waals surface area contributed by atoms with E-state index in [4.69, 9.17) is 9.15 Å². The Hall–Kier alpha value is -3.13. The standard InChI is InChI=1S/C19H20N2O6/c1-12(22)13-5-7-15(8-6-13)27-11-14(23)10-21-17(24)19(2,20-18(21)25)16-4-3-9-26-16/h3-9,14,23H,10-11H2,1-2H3,(H,20,25)/t14-,19-/m1/s1. The molecule has 2 N–H and O–H groups in total. The Kier molecular flexibility index (Phi) is 5.00. The number of β-amino-alcohol motifs (C(OH)–C–C–N with tert-alkyl or cyclic N) is 1. The Morgan fingerprint density at radius 3 is 2.59 bits per heavy atom. The maximum absolute atomic E-state index is 12.6. The van der Waals surface area contributed by atoms with Crippen LogP contribution >= 0.6 is 0 Å². The molecule has 3 rings (SSSR count). The topological polar surface area (TPSA) is 109 Å². The first-order valence-corrected chi connectivity index (χ1v) is 8.41. The molecular formula is C19H20N2O6. The molecule has 2 heterocycles. The van der Waals surface area contributed by atoms with E-state index in [1.807, 2.05) is 0 Å². The van der Waals surface area contributed by atoms with Crippen molar-refractivity contribution in [3.63, 3.8) is 0 Å². The Morgan fingerprint density at radius 2 is 2.00 bits per heavy atom. The zero-order valence-electron chi connectivity index (χ0n) is 15.0. The van der Waals surface area contributed by atoms with Gasteiger partial charge in [0.2, 0.25) is 0 Å². The summed E-state index contributed by atoms with van der Waals surface area (Å²) < 4.78 is 10.7. The van der Waals surface area contributed by atoms with Crippen LogP contribution in [0.1, 0.15) is 30.0 Å². The van der Waals surface area contributed by atoms with Crippen molar-refractivity contribution in [2.75, 3.05) is 13.2 Å². The molecular weight excluding hydrogens is 352 g/mol. The number of Topliss-reactive ketones (excluding diaryl/α,β-unsaturated/α-hetero) is 1. The third-order valence-corrected chi connectivity index (χ3v) is 4.39. The van der Waals surface area contributed by atoms with Crippen molar-refractivity contribution in [1.82, 2.24) is 10.2 Å². The first-order valence-electron chi connectivity index (χ1n) is 8.41. The highest BCUT2D eigenvalue weighted by molar-refractivity contribution is 6.06. The number of benzene rings is 1. The van der Waals surface area contributed by atoms with Gasteiger partial charge in [-0.25, -0.2) is 4.79 Å². The van der Waals surface area contributed by atoms with Crippen LogP contribution in [0.15, 0.2) is 47.1 Å². The molecule has 3 amide bonds. The van der Waals surface area contributed by atoms with E-state index in [0.717, 1.165) is 4.90 Å². The summed E-state index contributed by atoms with van der Waals surface area (Å²) in [6, 6.07) is 9.10. The van der Waals surface area contributed by atoms with Gasteiger partial charge in [-0.2, -0.15) is 0 Å². The van der Waals surface area contributed by atoms with E-state index in [1.54, 1.807) is 43.3 Å². The van der Waals surface area contributed by atoms with Crippen LogP contribution < -0.4 is 10.1 Å². The molecule has 1 aromatic heterocycles. The van der Waals surface area contributed by atoms with Crippen LogP contribution in [-0.4, -0.2) is 47.0 Å². The van der Waals surface area contributed by atoms with Crippen molar-refractivity contribution in [3.05, 3.63) is 54.0 Å². The highest BCUT2D eigenvalue weighted by atomic mass is 16.5. The number of hydrogen-bond donors (Lipinski definition) is 2. The molecule has 2 atom stereocenters. The van der Waals surface area contributed by atoms with Gasteiger partial charge < -0.3 is 19.6 Å². The minimum atomic E-state index is -1.30. The monoisotopic (exact) mass is 372 g/mol. The SMILES string of the molecule is CC(=O)c1ccc(OC[C@H](O)CN2C(=O)N[C@](C)(c3ccco3)C2=O)cc1. The van der Waals surface area contributed by atoms with Gasteiger partial charge in [-0.05, 0) is 50.2 Å². The van der Waals surface area contributed by atoms with Gasteiger partial charge in [-0.1, -0.05) is 0 Å². The van der Waals surface area contributed by atoms with Gasteiger partial charge in [0.05, 0.1) is 12.8 Å². The molecule has 8 nitrogen and oxygen atoms in total. The number of carbonyl (C=O) groups excluding carboxylic acids is 3. The highest BCUT2D eigenvalue weighted by Gasteiger charge is 2.51. The molecule has 0 saturated carbocycles. The zero-order valence-corrected chi connectivity index (χ0v) is 15.0. The Bertz CT molecular complexity index is 846. The first kappa shape index (κ1) is 18.7. The lowest BCUT2D eigenvalue weighted by molar-refractivity contribution is -0.132. The Balaban J connectivity index is 1.59. The minimum absolute atomic E-state index is 0.0558. The lowest BCUT2D eigenvalue weighted by Gasteiger charge is -2.20. The van der Waals surface area contributed by atoms with E-state index in [0.29, 0.717) is 17.1 Å². The number of aliphatic hydroxyl groups excluding tert-OH is 1. The average molecular weight is 372 g/mol. The van der Waals surface area contributed by atoms with Gasteiger partial charge in [0, 0.05) is 5.56 Å². The molecule has 0 radical (unpaired) electrons. The molecule has 8 heteroatoms.